The third kappa shape index (κ3) is 4.23. The third-order valence-electron chi connectivity index (χ3n) is 4.10. The second-order valence-electron chi connectivity index (χ2n) is 6.16. The smallest absolute Gasteiger partial charge is 0.263 e. The number of nitrogens with zero attached hydrogens (tertiary/aromatic N) is 1. The molecule has 0 bridgehead atoms. The molecule has 0 radical (unpaired) electrons. The van der Waals surface area contributed by atoms with E-state index in [9.17, 15) is 21.6 Å². The molecule has 1 aliphatic rings. The number of fused-ring (bicyclic) bond motifs is 1. The number of sulfonamides is 2. The second-order valence-corrected chi connectivity index (χ2v) is 9.34. The maximum Gasteiger partial charge on any atom is 0.263 e. The number of methoxy groups -OCH3 is 1. The Bertz CT molecular complexity index is 1220. The number of nitrogens with one attached hydrogen (secondary N) is 2. The summed E-state index contributed by atoms with van der Waals surface area (Å²) in [4.78, 5) is 16.4. The highest BCUT2D eigenvalue weighted by atomic mass is 32.2. The molecule has 12 heteroatoms. The van der Waals surface area contributed by atoms with Gasteiger partial charge < -0.3 is 10.1 Å². The van der Waals surface area contributed by atoms with Crippen molar-refractivity contribution in [1.82, 2.24) is 4.72 Å². The minimum Gasteiger partial charge on any atom is -0.495 e. The summed E-state index contributed by atoms with van der Waals surface area (Å²) in [5, 5.41) is 7.69. The molecule has 2 aromatic rings. The van der Waals surface area contributed by atoms with E-state index in [1.54, 1.807) is 18.2 Å². The highest BCUT2D eigenvalue weighted by Gasteiger charge is 2.31. The average molecular weight is 438 g/mol. The van der Waals surface area contributed by atoms with E-state index in [-0.39, 0.29) is 27.1 Å². The van der Waals surface area contributed by atoms with Gasteiger partial charge in [-0.1, -0.05) is 12.1 Å². The molecule has 0 saturated carbocycles. The highest BCUT2D eigenvalue weighted by Crippen LogP contribution is 2.26. The molecule has 29 heavy (non-hydrogen) atoms. The van der Waals surface area contributed by atoms with Gasteiger partial charge in [-0.15, -0.1) is 0 Å². The Morgan fingerprint density at radius 1 is 1.24 bits per heavy atom. The first-order valence-corrected chi connectivity index (χ1v) is 11.3. The van der Waals surface area contributed by atoms with Gasteiger partial charge in [-0.05, 0) is 37.3 Å². The number of hydrogen-bond donors (Lipinski definition) is 3. The summed E-state index contributed by atoms with van der Waals surface area (Å²) >= 11 is 0. The van der Waals surface area contributed by atoms with Gasteiger partial charge in [0.1, 0.15) is 22.5 Å². The van der Waals surface area contributed by atoms with Crippen molar-refractivity contribution in [2.24, 2.45) is 10.1 Å². The van der Waals surface area contributed by atoms with E-state index in [0.29, 0.717) is 5.56 Å². The molecule has 4 N–H and O–H groups in total. The molecule has 0 spiro atoms. The van der Waals surface area contributed by atoms with Crippen molar-refractivity contribution in [1.29, 1.82) is 0 Å². The van der Waals surface area contributed by atoms with Gasteiger partial charge >= 0.3 is 0 Å². The summed E-state index contributed by atoms with van der Waals surface area (Å²) in [6.07, 6.45) is 0. The van der Waals surface area contributed by atoms with Gasteiger partial charge in [-0.25, -0.2) is 22.0 Å². The quantitative estimate of drug-likeness (QED) is 0.613. The molecule has 0 aromatic heterocycles. The maximum atomic E-state index is 12.5. The zero-order chi connectivity index (χ0) is 21.4. The van der Waals surface area contributed by atoms with Crippen LogP contribution in [0, 0.1) is 0 Å². The number of ether oxygens (including phenoxy) is 1. The van der Waals surface area contributed by atoms with Crippen molar-refractivity contribution in [3.63, 3.8) is 0 Å². The Labute approximate surface area is 167 Å². The van der Waals surface area contributed by atoms with E-state index in [1.165, 1.54) is 38.3 Å². The summed E-state index contributed by atoms with van der Waals surface area (Å²) in [7, 11) is -6.50. The lowest BCUT2D eigenvalue weighted by atomic mass is 10.2. The highest BCUT2D eigenvalue weighted by molar-refractivity contribution is 7.90. The van der Waals surface area contributed by atoms with Crippen molar-refractivity contribution in [3.05, 3.63) is 48.0 Å². The summed E-state index contributed by atoms with van der Waals surface area (Å²) < 4.78 is 54.9. The van der Waals surface area contributed by atoms with Gasteiger partial charge in [-0.2, -0.15) is 0 Å². The van der Waals surface area contributed by atoms with Crippen molar-refractivity contribution in [2.45, 2.75) is 22.8 Å². The van der Waals surface area contributed by atoms with Gasteiger partial charge in [0.15, 0.2) is 0 Å². The lowest BCUT2D eigenvalue weighted by Gasteiger charge is -2.12. The molecule has 2 aromatic carbocycles. The molecule has 154 valence electrons. The number of anilines is 1. The monoisotopic (exact) mass is 438 g/mol. The van der Waals surface area contributed by atoms with Crippen LogP contribution in [0.25, 0.3) is 0 Å². The fourth-order valence-corrected chi connectivity index (χ4v) is 4.67. The zero-order valence-corrected chi connectivity index (χ0v) is 17.0. The molecular weight excluding hydrogens is 420 g/mol. The summed E-state index contributed by atoms with van der Waals surface area (Å²) in [6.45, 7) is 1.47. The molecule has 1 unspecified atom stereocenters. The molecule has 0 aliphatic carbocycles. The number of carbonyl (C=O) groups is 1. The standard InChI is InChI=1S/C17H18N4O6S2/c1-10(19-16-12-5-3-4-6-14(12)29(25,26)21-16)17(22)20-11-7-8-13(27-2)15(9-11)28(18,23)24/h3-10H,1-2H3,(H,19,21)(H,20,22)(H2,18,23,24). The minimum absolute atomic E-state index is 0.0377. The molecule has 0 fully saturated rings. The molecule has 0 saturated heterocycles. The summed E-state index contributed by atoms with van der Waals surface area (Å²) in [5.41, 5.74) is 0.535. The number of hydrogen-bond acceptors (Lipinski definition) is 7. The van der Waals surface area contributed by atoms with Gasteiger partial charge in [0.25, 0.3) is 10.0 Å². The molecular formula is C17H18N4O6S2. The first kappa shape index (κ1) is 20.8. The number of aliphatic imine (C=N–C) groups is 1. The number of primary sulfonamides is 1. The number of rotatable bonds is 5. The van der Waals surface area contributed by atoms with Crippen LogP contribution in [0.2, 0.25) is 0 Å². The molecule has 10 nitrogen and oxygen atoms in total. The number of carbonyl (C=O) groups excluding carboxylic acids is 1. The van der Waals surface area contributed by atoms with Crippen LogP contribution in [0.1, 0.15) is 12.5 Å². The van der Waals surface area contributed by atoms with E-state index in [2.05, 4.69) is 15.0 Å². The van der Waals surface area contributed by atoms with Crippen molar-refractivity contribution >= 4 is 37.5 Å². The van der Waals surface area contributed by atoms with E-state index in [4.69, 9.17) is 9.88 Å². The van der Waals surface area contributed by atoms with Crippen LogP contribution in [-0.2, 0) is 24.8 Å². The Balaban J connectivity index is 1.85. The lowest BCUT2D eigenvalue weighted by molar-refractivity contribution is -0.117. The lowest BCUT2D eigenvalue weighted by Crippen LogP contribution is -2.29. The summed E-state index contributed by atoms with van der Waals surface area (Å²) in [5.74, 6) is -0.481. The van der Waals surface area contributed by atoms with E-state index >= 15 is 0 Å². The van der Waals surface area contributed by atoms with Gasteiger partial charge in [-0.3, -0.25) is 14.5 Å². The number of nitrogens with two attached hydrogens (primary N) is 1. The van der Waals surface area contributed by atoms with E-state index in [1.807, 2.05) is 0 Å². The van der Waals surface area contributed by atoms with E-state index in [0.717, 1.165) is 0 Å². The van der Waals surface area contributed by atoms with Gasteiger partial charge in [0.2, 0.25) is 15.9 Å². The third-order valence-corrected chi connectivity index (χ3v) is 6.43. The fourth-order valence-electron chi connectivity index (χ4n) is 2.71. The van der Waals surface area contributed by atoms with E-state index < -0.39 is 32.0 Å². The SMILES string of the molecule is COc1ccc(NC(=O)C(C)N=C2NS(=O)(=O)c3ccccc32)cc1S(N)(=O)=O. The van der Waals surface area contributed by atoms with Crippen LogP contribution in [0.3, 0.4) is 0 Å². The van der Waals surface area contributed by atoms with Gasteiger partial charge in [0.05, 0.1) is 12.0 Å². The normalized spacial score (nSPS) is 17.3. The Morgan fingerprint density at radius 3 is 2.59 bits per heavy atom. The van der Waals surface area contributed by atoms with Crippen molar-refractivity contribution in [2.75, 3.05) is 12.4 Å². The Morgan fingerprint density at radius 2 is 1.93 bits per heavy atom. The molecule has 3 rings (SSSR count). The molecule has 1 amide bonds. The topological polar surface area (TPSA) is 157 Å². The Hall–Kier alpha value is -2.96. The van der Waals surface area contributed by atoms with Crippen LogP contribution in [0.5, 0.6) is 5.75 Å². The molecule has 1 aliphatic heterocycles. The predicted molar refractivity (Wildman–Crippen MR) is 106 cm³/mol. The minimum atomic E-state index is -4.07. The molecule has 1 atom stereocenters. The van der Waals surface area contributed by atoms with Crippen LogP contribution >= 0.6 is 0 Å². The second kappa shape index (κ2) is 7.46. The fraction of sp³-hybridized carbons (Fsp3) is 0.176. The summed E-state index contributed by atoms with van der Waals surface area (Å²) in [6, 6.07) is 9.26. The largest absolute Gasteiger partial charge is 0.495 e. The van der Waals surface area contributed by atoms with Crippen molar-refractivity contribution < 1.29 is 26.4 Å². The predicted octanol–water partition coefficient (Wildman–Crippen LogP) is 0.408. The first-order chi connectivity index (χ1) is 13.5. The number of amidine groups is 1. The van der Waals surface area contributed by atoms with Crippen LogP contribution in [0.4, 0.5) is 5.69 Å². The number of amides is 1. The number of benzene rings is 2. The Kier molecular flexibility index (Phi) is 5.34. The zero-order valence-electron chi connectivity index (χ0n) is 15.4. The first-order valence-electron chi connectivity index (χ1n) is 8.24. The van der Waals surface area contributed by atoms with Crippen molar-refractivity contribution in [3.8, 4) is 5.75 Å². The molecule has 1 heterocycles. The van der Waals surface area contributed by atoms with Crippen LogP contribution in [-0.4, -0.2) is 41.7 Å². The van der Waals surface area contributed by atoms with Crippen LogP contribution < -0.4 is 19.9 Å². The van der Waals surface area contributed by atoms with Crippen LogP contribution in [0.15, 0.2) is 57.2 Å². The van der Waals surface area contributed by atoms with Gasteiger partial charge in [0, 0.05) is 11.3 Å². The average Bonchev–Trinajstić information content (AvgIpc) is 2.91. The maximum absolute atomic E-state index is 12.5.